The summed E-state index contributed by atoms with van der Waals surface area (Å²) in [6.45, 7) is -0.325. The molecule has 1 N–H and O–H groups in total. The van der Waals surface area contributed by atoms with Crippen molar-refractivity contribution in [2.45, 2.75) is 12.8 Å². The molecule has 4 heteroatoms. The van der Waals surface area contributed by atoms with E-state index in [0.29, 0.717) is 5.56 Å². The van der Waals surface area contributed by atoms with Crippen molar-refractivity contribution in [3.63, 3.8) is 0 Å². The minimum Gasteiger partial charge on any atom is -0.391 e. The Bertz CT molecular complexity index is 250. The van der Waals surface area contributed by atoms with Crippen molar-refractivity contribution in [3.05, 3.63) is 35.4 Å². The highest BCUT2D eigenvalue weighted by atomic mass is 19.4. The molecule has 0 saturated heterocycles. The van der Waals surface area contributed by atoms with Crippen LogP contribution in [0.3, 0.4) is 0 Å². The Hall–Kier alpha value is -1.21. The monoisotopic (exact) mass is 174 g/mol. The minimum absolute atomic E-state index is 0.294. The van der Waals surface area contributed by atoms with Gasteiger partial charge in [0.2, 0.25) is 0 Å². The molecule has 1 rings (SSSR count). The second-order valence-corrected chi connectivity index (χ2v) is 2.18. The maximum atomic E-state index is 11.9. The lowest BCUT2D eigenvalue weighted by Crippen LogP contribution is -2.03. The molecule has 64 valence electrons. The van der Waals surface area contributed by atoms with Crippen LogP contribution < -0.4 is 0 Å². The lowest BCUT2D eigenvalue weighted by atomic mass is 10.2. The molecule has 0 aromatic heterocycles. The molecule has 0 aliphatic carbocycles. The first-order valence-corrected chi connectivity index (χ1v) is 3.15. The van der Waals surface area contributed by atoms with Crippen molar-refractivity contribution >= 4 is 0 Å². The number of halogens is 3. The average Bonchev–Trinajstić information content (AvgIpc) is 2.03. The van der Waals surface area contributed by atoms with Gasteiger partial charge in [-0.05, 0) is 12.1 Å². The summed E-state index contributed by atoms with van der Waals surface area (Å²) in [7, 11) is 0. The number of aliphatic hydroxyl groups is 1. The highest BCUT2D eigenvalue weighted by Gasteiger charge is 2.30. The molecule has 12 heavy (non-hydrogen) atoms. The van der Waals surface area contributed by atoms with Crippen LogP contribution in [-0.4, -0.2) is 5.11 Å². The Balaban J connectivity index is 2.93. The van der Waals surface area contributed by atoms with E-state index in [-0.39, 0.29) is 6.61 Å². The number of alkyl halides is 3. The number of hydrogen-bond donors (Lipinski definition) is 1. The molecule has 1 nitrogen and oxygen atoms in total. The summed E-state index contributed by atoms with van der Waals surface area (Å²) in [5.74, 6) is 0. The van der Waals surface area contributed by atoms with Gasteiger partial charge in [0.05, 0.1) is 6.61 Å². The maximum Gasteiger partial charge on any atom is 0.424 e. The van der Waals surface area contributed by atoms with Gasteiger partial charge in [-0.25, -0.2) is 0 Å². The van der Waals surface area contributed by atoms with Gasteiger partial charge in [0.1, 0.15) is 5.56 Å². The Morgan fingerprint density at radius 2 is 1.92 bits per heavy atom. The van der Waals surface area contributed by atoms with Crippen molar-refractivity contribution in [2.24, 2.45) is 0 Å². The molecule has 0 fully saturated rings. The fraction of sp³-hybridized carbons (Fsp3) is 0.250. The predicted molar refractivity (Wildman–Crippen MR) is 35.0 cm³/mol. The van der Waals surface area contributed by atoms with Crippen molar-refractivity contribution in [1.82, 2.24) is 0 Å². The summed E-state index contributed by atoms with van der Waals surface area (Å²) in [6.07, 6.45) is -4.38. The Morgan fingerprint density at radius 1 is 1.25 bits per heavy atom. The quantitative estimate of drug-likeness (QED) is 0.688. The van der Waals surface area contributed by atoms with Crippen LogP contribution >= 0.6 is 0 Å². The fourth-order valence-electron chi connectivity index (χ4n) is 0.672. The third kappa shape index (κ3) is 1.89. The van der Waals surface area contributed by atoms with Crippen molar-refractivity contribution in [2.75, 3.05) is 0 Å². The second-order valence-electron chi connectivity index (χ2n) is 2.18. The summed E-state index contributed by atoms with van der Waals surface area (Å²) in [5, 5.41) is 8.50. The van der Waals surface area contributed by atoms with Gasteiger partial charge in [-0.15, -0.1) is 0 Å². The number of hydrogen-bond acceptors (Lipinski definition) is 1. The summed E-state index contributed by atoms with van der Waals surface area (Å²) in [5.41, 5.74) is -0.581. The summed E-state index contributed by atoms with van der Waals surface area (Å²) >= 11 is 0. The zero-order valence-electron chi connectivity index (χ0n) is 5.94. The van der Waals surface area contributed by atoms with E-state index in [9.17, 15) is 13.2 Å². The summed E-state index contributed by atoms with van der Waals surface area (Å²) < 4.78 is 35.7. The van der Waals surface area contributed by atoms with E-state index in [1.165, 1.54) is 6.07 Å². The molecular formula is C8H5F3O. The van der Waals surface area contributed by atoms with Crippen LogP contribution in [0.4, 0.5) is 13.2 Å². The van der Waals surface area contributed by atoms with E-state index < -0.39 is 11.7 Å². The van der Waals surface area contributed by atoms with Crippen molar-refractivity contribution in [3.8, 4) is 0 Å². The van der Waals surface area contributed by atoms with Crippen molar-refractivity contribution < 1.29 is 18.3 Å². The van der Waals surface area contributed by atoms with Crippen LogP contribution in [0.1, 0.15) is 11.1 Å². The van der Waals surface area contributed by atoms with E-state index in [1.54, 1.807) is 0 Å². The molecule has 0 bridgehead atoms. The molecule has 0 aliphatic heterocycles. The Morgan fingerprint density at radius 3 is 2.25 bits per heavy atom. The normalized spacial score (nSPS) is 11.0. The molecule has 0 atom stereocenters. The van der Waals surface area contributed by atoms with Gasteiger partial charge in [0.25, 0.3) is 0 Å². The number of rotatable bonds is 1. The smallest absolute Gasteiger partial charge is 0.391 e. The maximum absolute atomic E-state index is 11.9. The Labute approximate surface area is 67.5 Å². The Kier molecular flexibility index (Phi) is 2.25. The third-order valence-electron chi connectivity index (χ3n) is 1.28. The molecule has 1 aromatic rings. The van der Waals surface area contributed by atoms with Gasteiger partial charge in [0, 0.05) is 5.56 Å². The SMILES string of the molecule is OCc1c#cc(C(F)(F)F)cc1. The van der Waals surface area contributed by atoms with Crippen LogP contribution in [0.5, 0.6) is 0 Å². The van der Waals surface area contributed by atoms with Crippen LogP contribution in [0.25, 0.3) is 0 Å². The van der Waals surface area contributed by atoms with E-state index in [0.717, 1.165) is 6.07 Å². The molecule has 0 spiro atoms. The second kappa shape index (κ2) is 3.03. The molecule has 0 unspecified atom stereocenters. The molecule has 0 heterocycles. The van der Waals surface area contributed by atoms with Crippen LogP contribution in [0, 0.1) is 12.1 Å². The fourth-order valence-corrected chi connectivity index (χ4v) is 0.672. The van der Waals surface area contributed by atoms with Gasteiger partial charge < -0.3 is 5.11 Å². The lowest BCUT2D eigenvalue weighted by Gasteiger charge is -2.02. The van der Waals surface area contributed by atoms with Gasteiger partial charge in [0.15, 0.2) is 0 Å². The van der Waals surface area contributed by atoms with Crippen molar-refractivity contribution in [1.29, 1.82) is 0 Å². The highest BCUT2D eigenvalue weighted by Crippen LogP contribution is 2.27. The summed E-state index contributed by atoms with van der Waals surface area (Å²) in [4.78, 5) is 0. The molecule has 0 aliphatic rings. The zero-order chi connectivity index (χ0) is 9.19. The molecule has 0 radical (unpaired) electrons. The standard InChI is InChI=1S/C8H5F3O/c9-8(10,11)7-3-1-6(5-12)2-4-7/h1,3,12H,5H2. The largest absolute Gasteiger partial charge is 0.424 e. The van der Waals surface area contributed by atoms with E-state index in [2.05, 4.69) is 6.07 Å². The van der Waals surface area contributed by atoms with Gasteiger partial charge in [-0.3, -0.25) is 0 Å². The molecular weight excluding hydrogens is 169 g/mol. The van der Waals surface area contributed by atoms with E-state index in [4.69, 9.17) is 5.11 Å². The first kappa shape index (κ1) is 8.88. The topological polar surface area (TPSA) is 20.2 Å². The average molecular weight is 174 g/mol. The molecule has 0 amide bonds. The zero-order valence-corrected chi connectivity index (χ0v) is 5.94. The van der Waals surface area contributed by atoms with E-state index >= 15 is 0 Å². The van der Waals surface area contributed by atoms with Crippen LogP contribution in [0.2, 0.25) is 0 Å². The number of aliphatic hydroxyl groups excluding tert-OH is 1. The third-order valence-corrected chi connectivity index (χ3v) is 1.28. The van der Waals surface area contributed by atoms with E-state index in [1.807, 2.05) is 6.07 Å². The first-order chi connectivity index (χ1) is 5.54. The first-order valence-electron chi connectivity index (χ1n) is 3.15. The van der Waals surface area contributed by atoms with Crippen LogP contribution in [-0.2, 0) is 12.8 Å². The highest BCUT2D eigenvalue weighted by molar-refractivity contribution is 5.17. The van der Waals surface area contributed by atoms with Gasteiger partial charge in [-0.1, -0.05) is 12.1 Å². The van der Waals surface area contributed by atoms with Gasteiger partial charge in [-0.2, -0.15) is 13.2 Å². The molecule has 0 saturated carbocycles. The van der Waals surface area contributed by atoms with Crippen LogP contribution in [0.15, 0.2) is 12.1 Å². The lowest BCUT2D eigenvalue weighted by molar-refractivity contribution is -0.137. The van der Waals surface area contributed by atoms with Gasteiger partial charge >= 0.3 is 6.18 Å². The minimum atomic E-state index is -4.38. The predicted octanol–water partition coefficient (Wildman–Crippen LogP) is 1.80. The molecule has 1 aromatic carbocycles. The summed E-state index contributed by atoms with van der Waals surface area (Å²) in [6, 6.07) is 6.15.